The van der Waals surface area contributed by atoms with Crippen molar-refractivity contribution in [3.8, 4) is 0 Å². The van der Waals surface area contributed by atoms with Crippen molar-refractivity contribution in [2.75, 3.05) is 13.1 Å². The monoisotopic (exact) mass is 330 g/mol. The predicted molar refractivity (Wildman–Crippen MR) is 80.1 cm³/mol. The summed E-state index contributed by atoms with van der Waals surface area (Å²) in [4.78, 5) is 25.0. The lowest BCUT2D eigenvalue weighted by atomic mass is 9.92. The number of aliphatic hydroxyl groups is 1. The molecule has 1 heterocycles. The van der Waals surface area contributed by atoms with Crippen molar-refractivity contribution in [3.63, 3.8) is 0 Å². The maximum atomic E-state index is 12.3. The molecule has 0 saturated carbocycles. The zero-order chi connectivity index (χ0) is 15.6. The molecule has 21 heavy (non-hydrogen) atoms. The molecule has 1 aromatic rings. The van der Waals surface area contributed by atoms with E-state index in [-0.39, 0.29) is 25.3 Å². The van der Waals surface area contributed by atoms with Gasteiger partial charge in [-0.05, 0) is 24.5 Å². The van der Waals surface area contributed by atoms with Gasteiger partial charge in [-0.1, -0.05) is 35.3 Å². The van der Waals surface area contributed by atoms with Crippen molar-refractivity contribution in [1.29, 1.82) is 0 Å². The Morgan fingerprint density at radius 2 is 2.10 bits per heavy atom. The number of hydrogen-bond donors (Lipinski definition) is 2. The van der Waals surface area contributed by atoms with Crippen molar-refractivity contribution in [2.24, 2.45) is 5.73 Å². The predicted octanol–water partition coefficient (Wildman–Crippen LogP) is 1.37. The maximum absolute atomic E-state index is 12.3. The molecule has 3 N–H and O–H groups in total. The van der Waals surface area contributed by atoms with Crippen LogP contribution in [-0.2, 0) is 16.0 Å². The summed E-state index contributed by atoms with van der Waals surface area (Å²) in [6.45, 7) is 0.395. The van der Waals surface area contributed by atoms with Gasteiger partial charge >= 0.3 is 0 Å². The average Bonchev–Trinajstić information content (AvgIpc) is 2.43. The first-order chi connectivity index (χ1) is 9.83. The first-order valence-electron chi connectivity index (χ1n) is 6.56. The largest absolute Gasteiger partial charge is 0.378 e. The summed E-state index contributed by atoms with van der Waals surface area (Å²) in [6, 6.07) is 5.08. The van der Waals surface area contributed by atoms with Gasteiger partial charge in [0.2, 0.25) is 5.91 Å². The van der Waals surface area contributed by atoms with Gasteiger partial charge in [-0.2, -0.15) is 0 Å². The molecule has 0 spiro atoms. The highest BCUT2D eigenvalue weighted by Gasteiger charge is 2.40. The highest BCUT2D eigenvalue weighted by Crippen LogP contribution is 2.27. The molecule has 1 atom stereocenters. The second kappa shape index (κ2) is 6.22. The highest BCUT2D eigenvalue weighted by molar-refractivity contribution is 6.42. The van der Waals surface area contributed by atoms with E-state index in [0.717, 1.165) is 0 Å². The van der Waals surface area contributed by atoms with Crippen LogP contribution in [-0.4, -0.2) is 40.5 Å². The Morgan fingerprint density at radius 3 is 2.76 bits per heavy atom. The Balaban J connectivity index is 2.10. The molecule has 0 unspecified atom stereocenters. The van der Waals surface area contributed by atoms with Gasteiger partial charge < -0.3 is 15.7 Å². The Bertz CT molecular complexity index is 579. The van der Waals surface area contributed by atoms with Gasteiger partial charge in [0.25, 0.3) is 5.91 Å². The number of rotatable bonds is 3. The number of likely N-dealkylation sites (tertiary alicyclic amines) is 1. The molecule has 1 aliphatic heterocycles. The van der Waals surface area contributed by atoms with E-state index in [1.807, 2.05) is 0 Å². The molecule has 114 valence electrons. The minimum atomic E-state index is -1.65. The molecule has 1 fully saturated rings. The fraction of sp³-hybridized carbons (Fsp3) is 0.429. The first-order valence-corrected chi connectivity index (χ1v) is 7.32. The topological polar surface area (TPSA) is 83.6 Å². The molecule has 1 aliphatic rings. The van der Waals surface area contributed by atoms with Gasteiger partial charge in [-0.25, -0.2) is 0 Å². The number of β-amino-alcohol motifs (C(OH)–C–C–N with tert-alkyl or cyclic N) is 1. The van der Waals surface area contributed by atoms with E-state index in [9.17, 15) is 14.7 Å². The van der Waals surface area contributed by atoms with Crippen LogP contribution in [0.15, 0.2) is 18.2 Å². The van der Waals surface area contributed by atoms with E-state index in [1.54, 1.807) is 18.2 Å². The van der Waals surface area contributed by atoms with Gasteiger partial charge in [-0.3, -0.25) is 9.59 Å². The van der Waals surface area contributed by atoms with Crippen molar-refractivity contribution in [2.45, 2.75) is 24.9 Å². The summed E-state index contributed by atoms with van der Waals surface area (Å²) in [7, 11) is 0. The third kappa shape index (κ3) is 3.48. The lowest BCUT2D eigenvalue weighted by molar-refractivity contribution is -0.148. The molecule has 5 nitrogen and oxygen atoms in total. The molecule has 7 heteroatoms. The van der Waals surface area contributed by atoms with E-state index in [0.29, 0.717) is 28.6 Å². The quantitative estimate of drug-likeness (QED) is 0.878. The van der Waals surface area contributed by atoms with E-state index < -0.39 is 11.5 Å². The van der Waals surface area contributed by atoms with Crippen LogP contribution >= 0.6 is 23.2 Å². The molecule has 1 saturated heterocycles. The lowest BCUT2D eigenvalue weighted by Crippen LogP contribution is -2.57. The van der Waals surface area contributed by atoms with Crippen LogP contribution in [0.4, 0.5) is 0 Å². The standard InChI is InChI=1S/C14H16Cl2N2O3/c15-10-4-1-3-9(12(10)16)7-11(19)18-6-2-5-14(21,8-18)13(17)20/h1,3-4,21H,2,5-8H2,(H2,17,20)/t14-/m0/s1. The minimum Gasteiger partial charge on any atom is -0.378 e. The molecule has 1 aromatic carbocycles. The van der Waals surface area contributed by atoms with Crippen molar-refractivity contribution < 1.29 is 14.7 Å². The van der Waals surface area contributed by atoms with E-state index in [2.05, 4.69) is 0 Å². The fourth-order valence-corrected chi connectivity index (χ4v) is 2.80. The maximum Gasteiger partial charge on any atom is 0.251 e. The number of piperidine rings is 1. The zero-order valence-corrected chi connectivity index (χ0v) is 12.8. The molecule has 2 rings (SSSR count). The van der Waals surface area contributed by atoms with Gasteiger partial charge in [0.15, 0.2) is 5.60 Å². The number of carbonyl (C=O) groups excluding carboxylic acids is 2. The number of halogens is 2. The third-order valence-electron chi connectivity index (χ3n) is 3.66. The van der Waals surface area contributed by atoms with Gasteiger partial charge in [-0.15, -0.1) is 0 Å². The second-order valence-corrected chi connectivity index (χ2v) is 5.99. The van der Waals surface area contributed by atoms with Gasteiger partial charge in [0.1, 0.15) is 0 Å². The Morgan fingerprint density at radius 1 is 1.38 bits per heavy atom. The lowest BCUT2D eigenvalue weighted by Gasteiger charge is -2.37. The number of hydrogen-bond acceptors (Lipinski definition) is 3. The summed E-state index contributed by atoms with van der Waals surface area (Å²) in [5.41, 5.74) is 4.16. The van der Waals surface area contributed by atoms with E-state index in [4.69, 9.17) is 28.9 Å². The summed E-state index contributed by atoms with van der Waals surface area (Å²) in [5.74, 6) is -1.03. The second-order valence-electron chi connectivity index (χ2n) is 5.20. The van der Waals surface area contributed by atoms with Gasteiger partial charge in [0, 0.05) is 6.54 Å². The van der Waals surface area contributed by atoms with Crippen LogP contribution in [0.25, 0.3) is 0 Å². The number of nitrogens with zero attached hydrogens (tertiary/aromatic N) is 1. The number of primary amides is 1. The van der Waals surface area contributed by atoms with E-state index >= 15 is 0 Å². The first kappa shape index (κ1) is 16.1. The number of amides is 2. The molecular formula is C14H16Cl2N2O3. The van der Waals surface area contributed by atoms with E-state index in [1.165, 1.54) is 4.90 Å². The smallest absolute Gasteiger partial charge is 0.251 e. The van der Waals surface area contributed by atoms with Crippen LogP contribution in [0.1, 0.15) is 18.4 Å². The average molecular weight is 331 g/mol. The van der Waals surface area contributed by atoms with Crippen LogP contribution in [0.2, 0.25) is 10.0 Å². The van der Waals surface area contributed by atoms with Crippen molar-refractivity contribution in [3.05, 3.63) is 33.8 Å². The molecule has 2 amide bonds. The van der Waals surface area contributed by atoms with Gasteiger partial charge in [0.05, 0.1) is 23.0 Å². The zero-order valence-electron chi connectivity index (χ0n) is 11.3. The third-order valence-corrected chi connectivity index (χ3v) is 4.51. The fourth-order valence-electron chi connectivity index (χ4n) is 2.41. The summed E-state index contributed by atoms with van der Waals surface area (Å²) in [6.07, 6.45) is 0.854. The minimum absolute atomic E-state index is 0.0637. The Kier molecular flexibility index (Phi) is 4.76. The van der Waals surface area contributed by atoms with Crippen molar-refractivity contribution >= 4 is 35.0 Å². The molecular weight excluding hydrogens is 315 g/mol. The molecule has 0 bridgehead atoms. The molecule has 0 radical (unpaired) electrons. The Hall–Kier alpha value is -1.30. The Labute approximate surface area is 132 Å². The normalized spacial score (nSPS) is 22.1. The molecule has 0 aromatic heterocycles. The number of carbonyl (C=O) groups is 2. The summed E-state index contributed by atoms with van der Waals surface area (Å²) < 4.78 is 0. The summed E-state index contributed by atoms with van der Waals surface area (Å²) in [5, 5.41) is 10.8. The van der Waals surface area contributed by atoms with Crippen molar-refractivity contribution in [1.82, 2.24) is 4.90 Å². The number of benzene rings is 1. The highest BCUT2D eigenvalue weighted by atomic mass is 35.5. The van der Waals surface area contributed by atoms with Crippen LogP contribution < -0.4 is 5.73 Å². The van der Waals surface area contributed by atoms with Crippen LogP contribution in [0, 0.1) is 0 Å². The summed E-state index contributed by atoms with van der Waals surface area (Å²) >= 11 is 12.0. The molecule has 0 aliphatic carbocycles. The SMILES string of the molecule is NC(=O)[C@]1(O)CCCN(C(=O)Cc2cccc(Cl)c2Cl)C1. The number of nitrogens with two attached hydrogens (primary N) is 1. The van der Waals surface area contributed by atoms with Crippen LogP contribution in [0.5, 0.6) is 0 Å². The van der Waals surface area contributed by atoms with Crippen LogP contribution in [0.3, 0.4) is 0 Å².